The molecule has 0 atom stereocenters. The zero-order valence-corrected chi connectivity index (χ0v) is 18.5. The number of benzene rings is 2. The minimum Gasteiger partial charge on any atom is -0.385 e. The van der Waals surface area contributed by atoms with Crippen molar-refractivity contribution in [3.8, 4) is 0 Å². The van der Waals surface area contributed by atoms with Crippen molar-refractivity contribution in [2.24, 2.45) is 5.92 Å². The molecule has 0 heterocycles. The monoisotopic (exact) mass is 438 g/mol. The van der Waals surface area contributed by atoms with Gasteiger partial charge in [0.15, 0.2) is 0 Å². The predicted octanol–water partition coefficient (Wildman–Crippen LogP) is 3.16. The van der Waals surface area contributed by atoms with Crippen LogP contribution in [0.1, 0.15) is 35.2 Å². The van der Waals surface area contributed by atoms with Crippen LogP contribution >= 0.6 is 0 Å². The van der Waals surface area contributed by atoms with E-state index in [0.717, 1.165) is 30.5 Å². The molecule has 0 spiro atoms. The molecule has 1 saturated carbocycles. The number of anilines is 3. The number of rotatable bonds is 11. The van der Waals surface area contributed by atoms with E-state index >= 15 is 0 Å². The van der Waals surface area contributed by atoms with Gasteiger partial charge in [-0.15, -0.1) is 0 Å². The highest BCUT2D eigenvalue weighted by Gasteiger charge is 2.29. The Bertz CT molecular complexity index is 955. The highest BCUT2D eigenvalue weighted by Crippen LogP contribution is 2.31. The van der Waals surface area contributed by atoms with E-state index in [4.69, 9.17) is 4.74 Å². The summed E-state index contributed by atoms with van der Waals surface area (Å²) in [5.74, 6) is -0.205. The summed E-state index contributed by atoms with van der Waals surface area (Å²) in [5.41, 5.74) is 3.47. The lowest BCUT2D eigenvalue weighted by Gasteiger charge is -2.14. The molecule has 170 valence electrons. The van der Waals surface area contributed by atoms with Gasteiger partial charge in [0.2, 0.25) is 11.8 Å². The van der Waals surface area contributed by atoms with Gasteiger partial charge >= 0.3 is 0 Å². The van der Waals surface area contributed by atoms with Crippen molar-refractivity contribution >= 4 is 34.8 Å². The van der Waals surface area contributed by atoms with Crippen LogP contribution in [0.4, 0.5) is 17.1 Å². The summed E-state index contributed by atoms with van der Waals surface area (Å²) in [6.45, 7) is 3.09. The smallest absolute Gasteiger partial charge is 0.251 e. The average molecular weight is 439 g/mol. The fourth-order valence-corrected chi connectivity index (χ4v) is 3.12. The lowest BCUT2D eigenvalue weighted by Crippen LogP contribution is -2.25. The Balaban J connectivity index is 1.47. The van der Waals surface area contributed by atoms with Crippen LogP contribution in [0.25, 0.3) is 0 Å². The van der Waals surface area contributed by atoms with E-state index in [1.165, 1.54) is 0 Å². The first kappa shape index (κ1) is 23.3. The van der Waals surface area contributed by atoms with Gasteiger partial charge in [-0.1, -0.05) is 6.07 Å². The third-order valence-electron chi connectivity index (χ3n) is 5.22. The fourth-order valence-electron chi connectivity index (χ4n) is 3.12. The van der Waals surface area contributed by atoms with Crippen molar-refractivity contribution < 1.29 is 19.1 Å². The molecule has 0 saturated heterocycles. The minimum atomic E-state index is -0.210. The summed E-state index contributed by atoms with van der Waals surface area (Å²) in [5, 5.41) is 11.7. The number of amides is 3. The van der Waals surface area contributed by atoms with Crippen molar-refractivity contribution in [2.75, 3.05) is 42.8 Å². The van der Waals surface area contributed by atoms with Crippen LogP contribution in [0.2, 0.25) is 0 Å². The Hall–Kier alpha value is -3.39. The SMILES string of the molecule is COCCCNC(=O)c1ccc(NCC(=O)Nc2cccc(NC(=O)C3CC3)c2C)cc1. The molecular formula is C24H30N4O4. The number of carbonyl (C=O) groups excluding carboxylic acids is 3. The number of methoxy groups -OCH3 is 1. The third kappa shape index (κ3) is 6.81. The van der Waals surface area contributed by atoms with Crippen molar-refractivity contribution in [3.63, 3.8) is 0 Å². The van der Waals surface area contributed by atoms with Crippen LogP contribution in [-0.4, -0.2) is 44.5 Å². The van der Waals surface area contributed by atoms with Gasteiger partial charge < -0.3 is 26.0 Å². The van der Waals surface area contributed by atoms with Crippen molar-refractivity contribution in [1.29, 1.82) is 0 Å². The first-order valence-corrected chi connectivity index (χ1v) is 10.8. The van der Waals surface area contributed by atoms with Crippen LogP contribution in [0.3, 0.4) is 0 Å². The Morgan fingerprint density at radius 2 is 1.69 bits per heavy atom. The predicted molar refractivity (Wildman–Crippen MR) is 125 cm³/mol. The van der Waals surface area contributed by atoms with Crippen LogP contribution in [0, 0.1) is 12.8 Å². The van der Waals surface area contributed by atoms with E-state index in [0.29, 0.717) is 30.1 Å². The lowest BCUT2D eigenvalue weighted by atomic mass is 10.1. The molecule has 4 N–H and O–H groups in total. The van der Waals surface area contributed by atoms with E-state index in [1.54, 1.807) is 43.5 Å². The first-order valence-electron chi connectivity index (χ1n) is 10.8. The summed E-state index contributed by atoms with van der Waals surface area (Å²) in [6, 6.07) is 12.4. The second-order valence-electron chi connectivity index (χ2n) is 7.82. The van der Waals surface area contributed by atoms with E-state index in [9.17, 15) is 14.4 Å². The van der Waals surface area contributed by atoms with Gasteiger partial charge in [-0.3, -0.25) is 14.4 Å². The highest BCUT2D eigenvalue weighted by atomic mass is 16.5. The van der Waals surface area contributed by atoms with Crippen LogP contribution in [0.15, 0.2) is 42.5 Å². The van der Waals surface area contributed by atoms with Gasteiger partial charge in [-0.05, 0) is 68.1 Å². The van der Waals surface area contributed by atoms with E-state index in [2.05, 4.69) is 21.3 Å². The van der Waals surface area contributed by atoms with Gasteiger partial charge in [0, 0.05) is 48.8 Å². The van der Waals surface area contributed by atoms with Crippen molar-refractivity contribution in [1.82, 2.24) is 5.32 Å². The number of carbonyl (C=O) groups is 3. The summed E-state index contributed by atoms with van der Waals surface area (Å²) >= 11 is 0. The minimum absolute atomic E-state index is 0.0327. The summed E-state index contributed by atoms with van der Waals surface area (Å²) in [6.07, 6.45) is 2.63. The lowest BCUT2D eigenvalue weighted by molar-refractivity contribution is -0.117. The molecular weight excluding hydrogens is 408 g/mol. The molecule has 0 radical (unpaired) electrons. The number of hydrogen-bond donors (Lipinski definition) is 4. The number of nitrogens with one attached hydrogen (secondary N) is 4. The van der Waals surface area contributed by atoms with Crippen molar-refractivity contribution in [3.05, 3.63) is 53.6 Å². The van der Waals surface area contributed by atoms with Gasteiger partial charge in [-0.2, -0.15) is 0 Å². The van der Waals surface area contributed by atoms with Crippen LogP contribution in [-0.2, 0) is 14.3 Å². The molecule has 0 aliphatic heterocycles. The molecule has 8 heteroatoms. The third-order valence-corrected chi connectivity index (χ3v) is 5.22. The molecule has 0 bridgehead atoms. The molecule has 3 amide bonds. The first-order chi connectivity index (χ1) is 15.5. The van der Waals surface area contributed by atoms with Crippen LogP contribution < -0.4 is 21.3 Å². The molecule has 1 aliphatic carbocycles. The van der Waals surface area contributed by atoms with Gasteiger partial charge in [-0.25, -0.2) is 0 Å². The number of ether oxygens (including phenoxy) is 1. The van der Waals surface area contributed by atoms with E-state index in [1.807, 2.05) is 13.0 Å². The second-order valence-corrected chi connectivity index (χ2v) is 7.82. The molecule has 32 heavy (non-hydrogen) atoms. The van der Waals surface area contributed by atoms with Gasteiger partial charge in [0.05, 0.1) is 6.54 Å². The Morgan fingerprint density at radius 3 is 2.34 bits per heavy atom. The molecule has 2 aromatic rings. The maximum atomic E-state index is 12.4. The molecule has 2 aromatic carbocycles. The van der Waals surface area contributed by atoms with E-state index in [-0.39, 0.29) is 30.2 Å². The molecule has 0 aromatic heterocycles. The summed E-state index contributed by atoms with van der Waals surface area (Å²) < 4.78 is 4.96. The normalized spacial score (nSPS) is 12.7. The Morgan fingerprint density at radius 1 is 1.00 bits per heavy atom. The average Bonchev–Trinajstić information content (AvgIpc) is 3.64. The van der Waals surface area contributed by atoms with Gasteiger partial charge in [0.1, 0.15) is 0 Å². The highest BCUT2D eigenvalue weighted by molar-refractivity contribution is 5.98. The number of hydrogen-bond acceptors (Lipinski definition) is 5. The van der Waals surface area contributed by atoms with Crippen LogP contribution in [0.5, 0.6) is 0 Å². The largest absolute Gasteiger partial charge is 0.385 e. The van der Waals surface area contributed by atoms with Crippen molar-refractivity contribution in [2.45, 2.75) is 26.2 Å². The fraction of sp³-hybridized carbons (Fsp3) is 0.375. The summed E-state index contributed by atoms with van der Waals surface area (Å²) in [4.78, 5) is 36.5. The molecule has 0 unspecified atom stereocenters. The standard InChI is InChI=1S/C24H30N4O4/c1-16-20(5-3-6-21(16)28-24(31)18-7-8-18)27-22(29)15-26-19-11-9-17(10-12-19)23(30)25-13-4-14-32-2/h3,5-6,9-12,18,26H,4,7-8,13-15H2,1-2H3,(H,25,30)(H,27,29)(H,28,31). The second kappa shape index (κ2) is 11.3. The summed E-state index contributed by atoms with van der Waals surface area (Å²) in [7, 11) is 1.63. The van der Waals surface area contributed by atoms with E-state index < -0.39 is 0 Å². The maximum absolute atomic E-state index is 12.4. The quantitative estimate of drug-likeness (QED) is 0.403. The Labute approximate surface area is 188 Å². The van der Waals surface area contributed by atoms with Gasteiger partial charge in [0.25, 0.3) is 5.91 Å². The topological polar surface area (TPSA) is 109 Å². The maximum Gasteiger partial charge on any atom is 0.251 e. The molecule has 3 rings (SSSR count). The molecule has 8 nitrogen and oxygen atoms in total. The molecule has 1 aliphatic rings. The molecule has 1 fully saturated rings. The zero-order chi connectivity index (χ0) is 22.9. The Kier molecular flexibility index (Phi) is 8.21. The zero-order valence-electron chi connectivity index (χ0n) is 18.5.